The number of aryl methyl sites for hydroxylation is 1. The third-order valence-electron chi connectivity index (χ3n) is 2.90. The van der Waals surface area contributed by atoms with Crippen molar-refractivity contribution in [3.63, 3.8) is 0 Å². The minimum absolute atomic E-state index is 0.229. The van der Waals surface area contributed by atoms with E-state index < -0.39 is 11.4 Å². The molecular formula is C12H13NO2. The summed E-state index contributed by atoms with van der Waals surface area (Å²) in [7, 11) is 0. The molecule has 0 atom stereocenters. The maximum Gasteiger partial charge on any atom is 0.351 e. The van der Waals surface area contributed by atoms with E-state index in [4.69, 9.17) is 5.11 Å². The van der Waals surface area contributed by atoms with Gasteiger partial charge in [0.1, 0.15) is 5.71 Å². The van der Waals surface area contributed by atoms with E-state index in [1.807, 2.05) is 39.0 Å². The van der Waals surface area contributed by atoms with Gasteiger partial charge in [-0.15, -0.1) is 0 Å². The van der Waals surface area contributed by atoms with Gasteiger partial charge in [-0.3, -0.25) is 0 Å². The van der Waals surface area contributed by atoms with E-state index in [1.54, 1.807) is 0 Å². The van der Waals surface area contributed by atoms with E-state index in [9.17, 15) is 4.79 Å². The largest absolute Gasteiger partial charge is 0.477 e. The SMILES string of the molecule is Cc1cccc2c1C(C)(C)C(C(=O)O)=N2. The van der Waals surface area contributed by atoms with Gasteiger partial charge in [-0.25, -0.2) is 9.79 Å². The number of carbonyl (C=O) groups is 1. The van der Waals surface area contributed by atoms with Crippen LogP contribution in [0, 0.1) is 6.92 Å². The molecular weight excluding hydrogens is 190 g/mol. The Balaban J connectivity index is 2.68. The highest BCUT2D eigenvalue weighted by Gasteiger charge is 2.39. The van der Waals surface area contributed by atoms with Crippen molar-refractivity contribution in [1.29, 1.82) is 0 Å². The van der Waals surface area contributed by atoms with Gasteiger partial charge in [-0.1, -0.05) is 12.1 Å². The molecule has 1 aromatic rings. The second kappa shape index (κ2) is 2.92. The van der Waals surface area contributed by atoms with E-state index in [2.05, 4.69) is 4.99 Å². The maximum absolute atomic E-state index is 11.1. The predicted octanol–water partition coefficient (Wildman–Crippen LogP) is 2.44. The van der Waals surface area contributed by atoms with Crippen LogP contribution in [0.3, 0.4) is 0 Å². The lowest BCUT2D eigenvalue weighted by molar-refractivity contribution is -0.129. The topological polar surface area (TPSA) is 49.7 Å². The molecule has 1 aromatic carbocycles. The number of hydrogen-bond donors (Lipinski definition) is 1. The van der Waals surface area contributed by atoms with E-state index in [0.717, 1.165) is 16.8 Å². The molecule has 0 aromatic heterocycles. The van der Waals surface area contributed by atoms with Crippen LogP contribution in [0.5, 0.6) is 0 Å². The molecule has 0 spiro atoms. The fourth-order valence-electron chi connectivity index (χ4n) is 2.25. The van der Waals surface area contributed by atoms with Crippen molar-refractivity contribution in [1.82, 2.24) is 0 Å². The molecule has 15 heavy (non-hydrogen) atoms. The molecule has 1 heterocycles. The van der Waals surface area contributed by atoms with Gasteiger partial charge in [-0.2, -0.15) is 0 Å². The van der Waals surface area contributed by atoms with Gasteiger partial charge in [0.05, 0.1) is 5.69 Å². The van der Waals surface area contributed by atoms with Crippen LogP contribution in [-0.4, -0.2) is 16.8 Å². The van der Waals surface area contributed by atoms with Crippen LogP contribution in [0.4, 0.5) is 5.69 Å². The lowest BCUT2D eigenvalue weighted by Gasteiger charge is -2.21. The second-order valence-electron chi connectivity index (χ2n) is 4.36. The molecule has 1 N–H and O–H groups in total. The van der Waals surface area contributed by atoms with Crippen molar-refractivity contribution in [2.75, 3.05) is 0 Å². The standard InChI is InChI=1S/C12H13NO2/c1-7-5-4-6-8-9(7)12(2,3)10(13-8)11(14)15/h4-6H,1-3H3,(H,14,15). The normalized spacial score (nSPS) is 17.1. The number of carboxylic acid groups (broad SMARTS) is 1. The number of benzene rings is 1. The lowest BCUT2D eigenvalue weighted by atomic mass is 9.79. The number of carboxylic acids is 1. The molecule has 0 aliphatic carbocycles. The van der Waals surface area contributed by atoms with Gasteiger partial charge in [0.25, 0.3) is 0 Å². The summed E-state index contributed by atoms with van der Waals surface area (Å²) in [5.74, 6) is -0.935. The Morgan fingerprint density at radius 3 is 2.60 bits per heavy atom. The van der Waals surface area contributed by atoms with Gasteiger partial charge in [0.15, 0.2) is 0 Å². The summed E-state index contributed by atoms with van der Waals surface area (Å²) < 4.78 is 0. The van der Waals surface area contributed by atoms with Crippen molar-refractivity contribution in [3.05, 3.63) is 29.3 Å². The number of nitrogens with zero attached hydrogens (tertiary/aromatic N) is 1. The van der Waals surface area contributed by atoms with E-state index in [0.29, 0.717) is 0 Å². The molecule has 0 saturated heterocycles. The summed E-state index contributed by atoms with van der Waals surface area (Å²) in [4.78, 5) is 15.2. The summed E-state index contributed by atoms with van der Waals surface area (Å²) in [6.45, 7) is 5.79. The summed E-state index contributed by atoms with van der Waals surface area (Å²) in [5.41, 5.74) is 2.65. The van der Waals surface area contributed by atoms with Crippen LogP contribution in [0.15, 0.2) is 23.2 Å². The molecule has 78 valence electrons. The Labute approximate surface area is 88.5 Å². The lowest BCUT2D eigenvalue weighted by Crippen LogP contribution is -2.32. The zero-order chi connectivity index (χ0) is 11.2. The number of fused-ring (bicyclic) bond motifs is 1. The first-order chi connectivity index (χ1) is 6.94. The first kappa shape index (κ1) is 9.90. The zero-order valence-electron chi connectivity index (χ0n) is 9.03. The Morgan fingerprint density at radius 1 is 1.40 bits per heavy atom. The van der Waals surface area contributed by atoms with E-state index >= 15 is 0 Å². The van der Waals surface area contributed by atoms with Gasteiger partial charge >= 0.3 is 5.97 Å². The van der Waals surface area contributed by atoms with Gasteiger partial charge in [0.2, 0.25) is 0 Å². The van der Waals surface area contributed by atoms with Gasteiger partial charge < -0.3 is 5.11 Å². The summed E-state index contributed by atoms with van der Waals surface area (Å²) in [6, 6.07) is 5.75. The van der Waals surface area contributed by atoms with Crippen molar-refractivity contribution in [3.8, 4) is 0 Å². The summed E-state index contributed by atoms with van der Waals surface area (Å²) in [5, 5.41) is 9.08. The Bertz CT molecular complexity index is 473. The highest BCUT2D eigenvalue weighted by atomic mass is 16.4. The molecule has 1 aliphatic heterocycles. The molecule has 3 heteroatoms. The van der Waals surface area contributed by atoms with Crippen LogP contribution in [0.25, 0.3) is 0 Å². The fraction of sp³-hybridized carbons (Fsp3) is 0.333. The molecule has 0 radical (unpaired) electrons. The number of aliphatic carboxylic acids is 1. The molecule has 0 fully saturated rings. The average molecular weight is 203 g/mol. The predicted molar refractivity (Wildman–Crippen MR) is 58.9 cm³/mol. The number of hydrogen-bond acceptors (Lipinski definition) is 2. The minimum atomic E-state index is -0.935. The highest BCUT2D eigenvalue weighted by Crippen LogP contribution is 2.41. The van der Waals surface area contributed by atoms with Gasteiger partial charge in [-0.05, 0) is 38.0 Å². The first-order valence-corrected chi connectivity index (χ1v) is 4.87. The van der Waals surface area contributed by atoms with Crippen LogP contribution >= 0.6 is 0 Å². The Hall–Kier alpha value is -1.64. The first-order valence-electron chi connectivity index (χ1n) is 4.87. The third-order valence-corrected chi connectivity index (χ3v) is 2.90. The average Bonchev–Trinajstić information content (AvgIpc) is 2.39. The monoisotopic (exact) mass is 203 g/mol. The molecule has 0 saturated carbocycles. The van der Waals surface area contributed by atoms with E-state index in [1.165, 1.54) is 0 Å². The van der Waals surface area contributed by atoms with Crippen LogP contribution in [0.1, 0.15) is 25.0 Å². The molecule has 0 unspecified atom stereocenters. The van der Waals surface area contributed by atoms with E-state index in [-0.39, 0.29) is 5.71 Å². The quantitative estimate of drug-likeness (QED) is 0.762. The maximum atomic E-state index is 11.1. The number of aliphatic imine (C=N–C) groups is 1. The zero-order valence-corrected chi connectivity index (χ0v) is 9.03. The van der Waals surface area contributed by atoms with Gasteiger partial charge in [0, 0.05) is 5.41 Å². The van der Waals surface area contributed by atoms with Crippen molar-refractivity contribution < 1.29 is 9.90 Å². The highest BCUT2D eigenvalue weighted by molar-refractivity contribution is 6.41. The van der Waals surface area contributed by atoms with Crippen molar-refractivity contribution >= 4 is 17.4 Å². The third kappa shape index (κ3) is 1.27. The molecule has 2 rings (SSSR count). The van der Waals surface area contributed by atoms with Crippen LogP contribution in [-0.2, 0) is 10.2 Å². The second-order valence-corrected chi connectivity index (χ2v) is 4.36. The van der Waals surface area contributed by atoms with Crippen molar-refractivity contribution in [2.24, 2.45) is 4.99 Å². The molecule has 3 nitrogen and oxygen atoms in total. The smallest absolute Gasteiger partial charge is 0.351 e. The molecule has 0 bridgehead atoms. The fourth-order valence-corrected chi connectivity index (χ4v) is 2.25. The minimum Gasteiger partial charge on any atom is -0.477 e. The Morgan fingerprint density at radius 2 is 2.07 bits per heavy atom. The molecule has 1 aliphatic rings. The van der Waals surface area contributed by atoms with Crippen molar-refractivity contribution in [2.45, 2.75) is 26.2 Å². The number of rotatable bonds is 1. The summed E-state index contributed by atoms with van der Waals surface area (Å²) in [6.07, 6.45) is 0. The summed E-state index contributed by atoms with van der Waals surface area (Å²) >= 11 is 0. The Kier molecular flexibility index (Phi) is 1.93. The van der Waals surface area contributed by atoms with Crippen LogP contribution in [0.2, 0.25) is 0 Å². The van der Waals surface area contributed by atoms with Crippen LogP contribution < -0.4 is 0 Å². The molecule has 0 amide bonds.